The maximum absolute atomic E-state index is 13.3. The maximum atomic E-state index is 13.3. The average molecular weight is 300 g/mol. The molecular formula is C14H18F2N2O3. The molecule has 2 amide bonds. The first-order chi connectivity index (χ1) is 10.1. The number of ether oxygens (including phenoxy) is 1. The number of aliphatic hydroxyl groups excluding tert-OH is 1. The second-order valence-electron chi connectivity index (χ2n) is 4.83. The molecule has 2 rings (SSSR count). The molecule has 116 valence electrons. The van der Waals surface area contributed by atoms with Crippen LogP contribution in [0.3, 0.4) is 0 Å². The molecule has 7 heteroatoms. The summed E-state index contributed by atoms with van der Waals surface area (Å²) in [6.07, 6.45) is 1.66. The zero-order chi connectivity index (χ0) is 15.2. The number of aliphatic hydroxyl groups is 1. The van der Waals surface area contributed by atoms with Crippen LogP contribution >= 0.6 is 0 Å². The van der Waals surface area contributed by atoms with Gasteiger partial charge >= 0.3 is 6.03 Å². The molecule has 1 fully saturated rings. The second-order valence-corrected chi connectivity index (χ2v) is 4.83. The van der Waals surface area contributed by atoms with Crippen LogP contribution in [0.1, 0.15) is 12.8 Å². The highest BCUT2D eigenvalue weighted by Gasteiger charge is 2.27. The van der Waals surface area contributed by atoms with Crippen molar-refractivity contribution in [2.24, 2.45) is 0 Å². The summed E-state index contributed by atoms with van der Waals surface area (Å²) < 4.78 is 31.1. The van der Waals surface area contributed by atoms with Crippen LogP contribution in [-0.4, -0.2) is 48.4 Å². The molecule has 0 aromatic heterocycles. The van der Waals surface area contributed by atoms with Crippen molar-refractivity contribution in [1.29, 1.82) is 0 Å². The van der Waals surface area contributed by atoms with Gasteiger partial charge in [-0.1, -0.05) is 0 Å². The first kappa shape index (κ1) is 15.5. The smallest absolute Gasteiger partial charge is 0.317 e. The number of halogens is 2. The summed E-state index contributed by atoms with van der Waals surface area (Å²) in [7, 11) is 0. The SMILES string of the molecule is O=C(NCCOc1ccc(F)cc1F)N1CCCC1CO. The number of hydrogen-bond donors (Lipinski definition) is 2. The lowest BCUT2D eigenvalue weighted by Gasteiger charge is -2.23. The summed E-state index contributed by atoms with van der Waals surface area (Å²) in [5.41, 5.74) is 0. The Hall–Kier alpha value is -1.89. The molecule has 0 aliphatic carbocycles. The fourth-order valence-corrected chi connectivity index (χ4v) is 2.31. The molecule has 1 aromatic carbocycles. The molecule has 0 saturated carbocycles. The molecule has 1 aromatic rings. The van der Waals surface area contributed by atoms with E-state index in [4.69, 9.17) is 9.84 Å². The van der Waals surface area contributed by atoms with Crippen LogP contribution in [0.4, 0.5) is 13.6 Å². The lowest BCUT2D eigenvalue weighted by atomic mass is 10.2. The number of carbonyl (C=O) groups is 1. The summed E-state index contributed by atoms with van der Waals surface area (Å²) in [6.45, 7) is 0.839. The Morgan fingerprint density at radius 2 is 2.29 bits per heavy atom. The van der Waals surface area contributed by atoms with Crippen LogP contribution in [0.5, 0.6) is 5.75 Å². The van der Waals surface area contributed by atoms with Gasteiger partial charge in [0.2, 0.25) is 0 Å². The normalized spacial score (nSPS) is 17.9. The van der Waals surface area contributed by atoms with Crippen molar-refractivity contribution < 1.29 is 23.4 Å². The van der Waals surface area contributed by atoms with E-state index in [1.165, 1.54) is 6.07 Å². The zero-order valence-corrected chi connectivity index (χ0v) is 11.5. The number of urea groups is 1. The molecule has 1 aliphatic rings. The van der Waals surface area contributed by atoms with Crippen LogP contribution < -0.4 is 10.1 Å². The van der Waals surface area contributed by atoms with E-state index in [0.29, 0.717) is 6.54 Å². The molecule has 0 radical (unpaired) electrons. The van der Waals surface area contributed by atoms with E-state index in [1.807, 2.05) is 0 Å². The van der Waals surface area contributed by atoms with E-state index in [-0.39, 0.29) is 37.6 Å². The molecule has 0 spiro atoms. The third kappa shape index (κ3) is 4.04. The van der Waals surface area contributed by atoms with Gasteiger partial charge in [0, 0.05) is 12.6 Å². The van der Waals surface area contributed by atoms with Crippen molar-refractivity contribution in [2.45, 2.75) is 18.9 Å². The van der Waals surface area contributed by atoms with Gasteiger partial charge in [0.15, 0.2) is 11.6 Å². The Morgan fingerprint density at radius 1 is 1.48 bits per heavy atom. The Kier molecular flexibility index (Phi) is 5.32. The zero-order valence-electron chi connectivity index (χ0n) is 11.5. The van der Waals surface area contributed by atoms with E-state index in [0.717, 1.165) is 25.0 Å². The van der Waals surface area contributed by atoms with Gasteiger partial charge in [-0.3, -0.25) is 0 Å². The average Bonchev–Trinajstić information content (AvgIpc) is 2.93. The van der Waals surface area contributed by atoms with Gasteiger partial charge in [-0.25, -0.2) is 13.6 Å². The van der Waals surface area contributed by atoms with Crippen molar-refractivity contribution >= 4 is 6.03 Å². The number of likely N-dealkylation sites (tertiary alicyclic amines) is 1. The van der Waals surface area contributed by atoms with Crippen molar-refractivity contribution in [3.05, 3.63) is 29.8 Å². The van der Waals surface area contributed by atoms with E-state index in [9.17, 15) is 13.6 Å². The molecule has 2 N–H and O–H groups in total. The molecule has 1 unspecified atom stereocenters. The summed E-state index contributed by atoms with van der Waals surface area (Å²) >= 11 is 0. The predicted octanol–water partition coefficient (Wildman–Crippen LogP) is 1.51. The van der Waals surface area contributed by atoms with Crippen LogP contribution in [0.15, 0.2) is 18.2 Å². The summed E-state index contributed by atoms with van der Waals surface area (Å²) in [5.74, 6) is -1.50. The van der Waals surface area contributed by atoms with E-state index >= 15 is 0 Å². The quantitative estimate of drug-likeness (QED) is 0.810. The minimum Gasteiger partial charge on any atom is -0.489 e. The third-order valence-electron chi connectivity index (χ3n) is 3.38. The summed E-state index contributed by atoms with van der Waals surface area (Å²) in [6, 6.07) is 2.64. The monoisotopic (exact) mass is 300 g/mol. The Bertz CT molecular complexity index is 499. The highest BCUT2D eigenvalue weighted by molar-refractivity contribution is 5.74. The molecule has 0 bridgehead atoms. The lowest BCUT2D eigenvalue weighted by molar-refractivity contribution is 0.155. The highest BCUT2D eigenvalue weighted by Crippen LogP contribution is 2.18. The van der Waals surface area contributed by atoms with E-state index in [1.54, 1.807) is 4.90 Å². The van der Waals surface area contributed by atoms with E-state index in [2.05, 4.69) is 5.32 Å². The summed E-state index contributed by atoms with van der Waals surface area (Å²) in [5, 5.41) is 11.8. The number of nitrogens with one attached hydrogen (secondary N) is 1. The lowest BCUT2D eigenvalue weighted by Crippen LogP contribution is -2.45. The van der Waals surface area contributed by atoms with Crippen LogP contribution in [-0.2, 0) is 0 Å². The Balaban J connectivity index is 1.73. The Morgan fingerprint density at radius 3 is 3.00 bits per heavy atom. The van der Waals surface area contributed by atoms with Crippen LogP contribution in [0.25, 0.3) is 0 Å². The van der Waals surface area contributed by atoms with Gasteiger partial charge in [-0.05, 0) is 25.0 Å². The fourth-order valence-electron chi connectivity index (χ4n) is 2.31. The Labute approximate surface area is 121 Å². The van der Waals surface area contributed by atoms with Crippen LogP contribution in [0.2, 0.25) is 0 Å². The number of nitrogens with zero attached hydrogens (tertiary/aromatic N) is 1. The number of carbonyl (C=O) groups excluding carboxylic acids is 1. The van der Waals surface area contributed by atoms with Gasteiger partial charge in [-0.15, -0.1) is 0 Å². The fraction of sp³-hybridized carbons (Fsp3) is 0.500. The third-order valence-corrected chi connectivity index (χ3v) is 3.38. The highest BCUT2D eigenvalue weighted by atomic mass is 19.1. The molecular weight excluding hydrogens is 282 g/mol. The molecule has 5 nitrogen and oxygen atoms in total. The number of amides is 2. The molecule has 1 heterocycles. The minimum absolute atomic E-state index is 0.0509. The minimum atomic E-state index is -0.777. The second kappa shape index (κ2) is 7.21. The van der Waals surface area contributed by atoms with Crippen LogP contribution in [0, 0.1) is 11.6 Å². The molecule has 1 saturated heterocycles. The van der Waals surface area contributed by atoms with Gasteiger partial charge < -0.3 is 20.1 Å². The molecule has 21 heavy (non-hydrogen) atoms. The number of rotatable bonds is 5. The molecule has 1 atom stereocenters. The van der Waals surface area contributed by atoms with Crippen molar-refractivity contribution in [2.75, 3.05) is 26.3 Å². The number of benzene rings is 1. The number of hydrogen-bond acceptors (Lipinski definition) is 3. The van der Waals surface area contributed by atoms with Gasteiger partial charge in [0.05, 0.1) is 19.2 Å². The topological polar surface area (TPSA) is 61.8 Å². The maximum Gasteiger partial charge on any atom is 0.317 e. The van der Waals surface area contributed by atoms with Gasteiger partial charge in [0.1, 0.15) is 12.4 Å². The van der Waals surface area contributed by atoms with Gasteiger partial charge in [-0.2, -0.15) is 0 Å². The van der Waals surface area contributed by atoms with Gasteiger partial charge in [0.25, 0.3) is 0 Å². The largest absolute Gasteiger partial charge is 0.489 e. The predicted molar refractivity (Wildman–Crippen MR) is 72.1 cm³/mol. The standard InChI is InChI=1S/C14H18F2N2O3/c15-10-3-4-13(12(16)8-10)21-7-5-17-14(20)18-6-1-2-11(18)9-19/h3-4,8,11,19H,1-2,5-7,9H2,(H,17,20). The van der Waals surface area contributed by atoms with E-state index < -0.39 is 11.6 Å². The van der Waals surface area contributed by atoms with Crippen molar-refractivity contribution in [3.63, 3.8) is 0 Å². The molecule has 1 aliphatic heterocycles. The first-order valence-electron chi connectivity index (χ1n) is 6.85. The van der Waals surface area contributed by atoms with Crippen molar-refractivity contribution in [1.82, 2.24) is 10.2 Å². The first-order valence-corrected chi connectivity index (χ1v) is 6.85. The summed E-state index contributed by atoms with van der Waals surface area (Å²) in [4.78, 5) is 13.4. The van der Waals surface area contributed by atoms with Crippen molar-refractivity contribution in [3.8, 4) is 5.75 Å².